The van der Waals surface area contributed by atoms with Crippen molar-refractivity contribution < 1.29 is 0 Å². The Labute approximate surface area is 169 Å². The molecule has 1 aliphatic rings. The van der Waals surface area contributed by atoms with Gasteiger partial charge in [-0.05, 0) is 56.3 Å². The fourth-order valence-corrected chi connectivity index (χ4v) is 4.04. The summed E-state index contributed by atoms with van der Waals surface area (Å²) < 4.78 is 0. The number of likely N-dealkylation sites (tertiary alicyclic amines) is 1. The van der Waals surface area contributed by atoms with E-state index >= 15 is 0 Å². The van der Waals surface area contributed by atoms with E-state index < -0.39 is 0 Å². The van der Waals surface area contributed by atoms with Crippen LogP contribution in [0, 0.1) is 0 Å². The monoisotopic (exact) mass is 385 g/mol. The second-order valence-electron chi connectivity index (χ2n) is 7.54. The Morgan fingerprint density at radius 2 is 1.83 bits per heavy atom. The smallest absolute Gasteiger partial charge is 0.145 e. The first-order chi connectivity index (χ1) is 14.3. The average Bonchev–Trinajstić information content (AvgIpc) is 3.25. The van der Waals surface area contributed by atoms with Gasteiger partial charge >= 0.3 is 0 Å². The Hall–Kier alpha value is -3.32. The number of H-pyrrole nitrogens is 1. The first kappa shape index (κ1) is 17.8. The highest BCUT2D eigenvalue weighted by atomic mass is 15.2. The highest BCUT2D eigenvalue weighted by Gasteiger charge is 2.23. The van der Waals surface area contributed by atoms with Crippen molar-refractivity contribution in [3.8, 4) is 11.3 Å². The summed E-state index contributed by atoms with van der Waals surface area (Å²) in [7, 11) is 0. The molecule has 146 valence electrons. The van der Waals surface area contributed by atoms with Crippen LogP contribution in [0.3, 0.4) is 0 Å². The van der Waals surface area contributed by atoms with Gasteiger partial charge in [-0.3, -0.25) is 15.0 Å². The van der Waals surface area contributed by atoms with Crippen LogP contribution in [0.1, 0.15) is 30.3 Å². The van der Waals surface area contributed by atoms with Crippen LogP contribution < -0.4 is 5.73 Å². The van der Waals surface area contributed by atoms with E-state index in [0.29, 0.717) is 11.7 Å². The van der Waals surface area contributed by atoms with Gasteiger partial charge in [-0.1, -0.05) is 12.1 Å². The number of aromatic amines is 1. The minimum absolute atomic E-state index is 0.497. The van der Waals surface area contributed by atoms with Crippen molar-refractivity contribution in [3.05, 3.63) is 66.4 Å². The fourth-order valence-electron chi connectivity index (χ4n) is 4.04. The van der Waals surface area contributed by atoms with E-state index in [9.17, 15) is 0 Å². The number of hydrogen-bond donors (Lipinski definition) is 2. The summed E-state index contributed by atoms with van der Waals surface area (Å²) in [6.45, 7) is 2.74. The molecule has 3 N–H and O–H groups in total. The summed E-state index contributed by atoms with van der Waals surface area (Å²) in [5, 5.41) is 8.64. The molecular formula is C22H23N7. The lowest BCUT2D eigenvalue weighted by molar-refractivity contribution is 0.199. The van der Waals surface area contributed by atoms with Gasteiger partial charge in [0, 0.05) is 35.0 Å². The van der Waals surface area contributed by atoms with E-state index in [-0.39, 0.29) is 0 Å². The molecule has 0 spiro atoms. The van der Waals surface area contributed by atoms with Crippen molar-refractivity contribution in [2.45, 2.75) is 25.3 Å². The Bertz CT molecular complexity index is 1110. The quantitative estimate of drug-likeness (QED) is 0.559. The number of rotatable bonds is 4. The molecular weight excluding hydrogens is 362 g/mol. The van der Waals surface area contributed by atoms with Crippen molar-refractivity contribution >= 4 is 16.7 Å². The third-order valence-corrected chi connectivity index (χ3v) is 5.65. The molecule has 3 aromatic heterocycles. The number of piperidine rings is 1. The van der Waals surface area contributed by atoms with Crippen LogP contribution in [-0.2, 0) is 6.54 Å². The van der Waals surface area contributed by atoms with E-state index in [2.05, 4.69) is 31.1 Å². The first-order valence-corrected chi connectivity index (χ1v) is 9.95. The number of nitrogens with zero attached hydrogens (tertiary/aromatic N) is 5. The van der Waals surface area contributed by atoms with Gasteiger partial charge in [-0.15, -0.1) is 0 Å². The van der Waals surface area contributed by atoms with E-state index in [1.165, 1.54) is 5.69 Å². The largest absolute Gasteiger partial charge is 0.383 e. The number of pyridine rings is 1. The summed E-state index contributed by atoms with van der Waals surface area (Å²) in [6, 6.07) is 14.0. The third kappa shape index (κ3) is 3.69. The van der Waals surface area contributed by atoms with Crippen molar-refractivity contribution in [3.63, 3.8) is 0 Å². The predicted molar refractivity (Wildman–Crippen MR) is 113 cm³/mol. The lowest BCUT2D eigenvalue weighted by Crippen LogP contribution is -2.33. The van der Waals surface area contributed by atoms with Crippen molar-refractivity contribution in [2.24, 2.45) is 0 Å². The van der Waals surface area contributed by atoms with Gasteiger partial charge in [-0.2, -0.15) is 5.10 Å². The van der Waals surface area contributed by atoms with Crippen LogP contribution in [0.4, 0.5) is 5.82 Å². The average molecular weight is 385 g/mol. The number of nitrogens with two attached hydrogens (primary N) is 1. The van der Waals surface area contributed by atoms with Crippen molar-refractivity contribution in [1.29, 1.82) is 0 Å². The molecule has 4 aromatic rings. The topological polar surface area (TPSA) is 96.6 Å². The van der Waals surface area contributed by atoms with Crippen LogP contribution >= 0.6 is 0 Å². The fraction of sp³-hybridized carbons (Fsp3) is 0.273. The zero-order chi connectivity index (χ0) is 19.6. The minimum Gasteiger partial charge on any atom is -0.383 e. The summed E-state index contributed by atoms with van der Waals surface area (Å²) >= 11 is 0. The van der Waals surface area contributed by atoms with Crippen LogP contribution in [0.5, 0.6) is 0 Å². The number of para-hydroxylation sites is 1. The molecule has 0 atom stereocenters. The summed E-state index contributed by atoms with van der Waals surface area (Å²) in [5.41, 5.74) is 10.3. The summed E-state index contributed by atoms with van der Waals surface area (Å²) in [4.78, 5) is 15.7. The van der Waals surface area contributed by atoms with E-state index in [1.54, 1.807) is 12.4 Å². The molecule has 0 bridgehead atoms. The molecule has 4 heterocycles. The number of benzene rings is 1. The Kier molecular flexibility index (Phi) is 4.65. The maximum atomic E-state index is 6.13. The molecule has 0 saturated carbocycles. The van der Waals surface area contributed by atoms with Gasteiger partial charge in [0.25, 0.3) is 0 Å². The number of nitrogens with one attached hydrogen (secondary N) is 1. The van der Waals surface area contributed by atoms with Gasteiger partial charge in [0.05, 0.1) is 17.8 Å². The first-order valence-electron chi connectivity index (χ1n) is 9.95. The number of hydrogen-bond acceptors (Lipinski definition) is 6. The lowest BCUT2D eigenvalue weighted by Gasteiger charge is -2.30. The highest BCUT2D eigenvalue weighted by molar-refractivity contribution is 5.87. The zero-order valence-electron chi connectivity index (χ0n) is 16.1. The van der Waals surface area contributed by atoms with E-state index in [4.69, 9.17) is 10.7 Å². The van der Waals surface area contributed by atoms with Gasteiger partial charge < -0.3 is 5.73 Å². The molecule has 1 aromatic carbocycles. The van der Waals surface area contributed by atoms with Gasteiger partial charge in [0.1, 0.15) is 11.6 Å². The molecule has 7 heteroatoms. The summed E-state index contributed by atoms with van der Waals surface area (Å²) in [6.07, 6.45) is 5.76. The standard InChI is InChI=1S/C22H23N7/c23-22-17-3-1-2-4-18(17)25-21(26-22)14-29-11-7-16(8-12-29)20-13-19(27-28-20)15-5-9-24-10-6-15/h1-6,9-10,13,16H,7-8,11-12,14H2,(H,27,28)(H2,23,25,26). The second-order valence-corrected chi connectivity index (χ2v) is 7.54. The molecule has 0 radical (unpaired) electrons. The van der Waals surface area contributed by atoms with Crippen LogP contribution in [0.25, 0.3) is 22.2 Å². The van der Waals surface area contributed by atoms with Crippen molar-refractivity contribution in [1.82, 2.24) is 30.0 Å². The normalized spacial score (nSPS) is 15.7. The number of nitrogen functional groups attached to an aromatic ring is 1. The molecule has 5 rings (SSSR count). The number of fused-ring (bicyclic) bond motifs is 1. The minimum atomic E-state index is 0.497. The Morgan fingerprint density at radius 1 is 1.03 bits per heavy atom. The maximum Gasteiger partial charge on any atom is 0.145 e. The van der Waals surface area contributed by atoms with Gasteiger partial charge in [-0.25, -0.2) is 9.97 Å². The van der Waals surface area contributed by atoms with Crippen LogP contribution in [-0.4, -0.2) is 43.1 Å². The van der Waals surface area contributed by atoms with Gasteiger partial charge in [0.2, 0.25) is 0 Å². The molecule has 1 fully saturated rings. The molecule has 7 nitrogen and oxygen atoms in total. The van der Waals surface area contributed by atoms with Crippen LogP contribution in [0.2, 0.25) is 0 Å². The SMILES string of the molecule is Nc1nc(CN2CCC(c3cc(-c4ccncc4)n[nH]3)CC2)nc2ccccc12. The number of aromatic nitrogens is 5. The highest BCUT2D eigenvalue weighted by Crippen LogP contribution is 2.29. The van der Waals surface area contributed by atoms with E-state index in [0.717, 1.165) is 60.5 Å². The number of anilines is 1. The molecule has 0 unspecified atom stereocenters. The lowest BCUT2D eigenvalue weighted by atomic mass is 9.93. The van der Waals surface area contributed by atoms with Crippen molar-refractivity contribution in [2.75, 3.05) is 18.8 Å². The Balaban J connectivity index is 1.24. The second kappa shape index (κ2) is 7.60. The maximum absolute atomic E-state index is 6.13. The molecule has 0 amide bonds. The predicted octanol–water partition coefficient (Wildman–Crippen LogP) is 3.38. The summed E-state index contributed by atoms with van der Waals surface area (Å²) in [5.74, 6) is 1.85. The molecule has 29 heavy (non-hydrogen) atoms. The third-order valence-electron chi connectivity index (χ3n) is 5.65. The molecule has 1 saturated heterocycles. The van der Waals surface area contributed by atoms with Gasteiger partial charge in [0.15, 0.2) is 0 Å². The Morgan fingerprint density at radius 3 is 2.66 bits per heavy atom. The zero-order valence-corrected chi connectivity index (χ0v) is 16.1. The van der Waals surface area contributed by atoms with E-state index in [1.807, 2.05) is 36.4 Å². The molecule has 1 aliphatic heterocycles. The molecule has 0 aliphatic carbocycles. The van der Waals surface area contributed by atoms with Crippen LogP contribution in [0.15, 0.2) is 54.9 Å².